The van der Waals surface area contributed by atoms with Crippen LogP contribution in [0, 0.1) is 0 Å². The zero-order valence-corrected chi connectivity index (χ0v) is 17.2. The number of aromatic nitrogens is 3. The summed E-state index contributed by atoms with van der Waals surface area (Å²) in [4.78, 5) is 25.7. The van der Waals surface area contributed by atoms with Crippen molar-refractivity contribution in [3.8, 4) is 21.8 Å². The minimum Gasteiger partial charge on any atom is -0.302 e. The topological polar surface area (TPSA) is 67.8 Å². The quantitative estimate of drug-likeness (QED) is 0.495. The van der Waals surface area contributed by atoms with Gasteiger partial charge in [-0.15, -0.1) is 22.7 Å². The highest BCUT2D eigenvalue weighted by atomic mass is 32.1. The summed E-state index contributed by atoms with van der Waals surface area (Å²) in [6.45, 7) is 0. The van der Waals surface area contributed by atoms with Crippen LogP contribution in [-0.4, -0.2) is 20.9 Å². The average molecular weight is 419 g/mol. The number of aryl methyl sites for hydroxylation is 2. The van der Waals surface area contributed by atoms with Gasteiger partial charge in [0.25, 0.3) is 0 Å². The molecule has 4 aromatic rings. The maximum Gasteiger partial charge on any atom is 0.232 e. The molecule has 0 spiro atoms. The van der Waals surface area contributed by atoms with Gasteiger partial charge in [-0.3, -0.25) is 9.78 Å². The van der Waals surface area contributed by atoms with E-state index in [9.17, 15) is 4.79 Å². The van der Waals surface area contributed by atoms with E-state index in [2.05, 4.69) is 38.5 Å². The average Bonchev–Trinajstić information content (AvgIpc) is 3.49. The molecule has 0 aliphatic heterocycles. The van der Waals surface area contributed by atoms with Gasteiger partial charge in [-0.1, -0.05) is 12.1 Å². The molecule has 0 unspecified atom stereocenters. The van der Waals surface area contributed by atoms with Crippen LogP contribution >= 0.6 is 22.7 Å². The van der Waals surface area contributed by atoms with E-state index in [0.29, 0.717) is 5.13 Å². The summed E-state index contributed by atoms with van der Waals surface area (Å²) in [6.07, 6.45) is 7.29. The minimum absolute atomic E-state index is 0.108. The van der Waals surface area contributed by atoms with Crippen LogP contribution < -0.4 is 5.32 Å². The van der Waals surface area contributed by atoms with Crippen LogP contribution in [0.15, 0.2) is 53.5 Å². The van der Waals surface area contributed by atoms with Crippen LogP contribution in [0.5, 0.6) is 0 Å². The van der Waals surface area contributed by atoms with Crippen LogP contribution in [0.2, 0.25) is 0 Å². The fourth-order valence-electron chi connectivity index (χ4n) is 3.53. The number of benzene rings is 1. The molecule has 0 atom stereocenters. The third-order valence-corrected chi connectivity index (χ3v) is 6.64. The third kappa shape index (κ3) is 3.97. The van der Waals surface area contributed by atoms with Gasteiger partial charge in [0, 0.05) is 34.3 Å². The number of thiazole rings is 2. The lowest BCUT2D eigenvalue weighted by molar-refractivity contribution is -0.115. The highest BCUT2D eigenvalue weighted by Gasteiger charge is 2.14. The number of amides is 1. The predicted octanol–water partition coefficient (Wildman–Crippen LogP) is 5.00. The third-order valence-electron chi connectivity index (χ3n) is 4.95. The van der Waals surface area contributed by atoms with E-state index in [0.717, 1.165) is 33.9 Å². The lowest BCUT2D eigenvalue weighted by atomic mass is 10.1. The lowest BCUT2D eigenvalue weighted by Crippen LogP contribution is -2.14. The first-order valence-corrected chi connectivity index (χ1v) is 11.2. The van der Waals surface area contributed by atoms with Gasteiger partial charge in [0.05, 0.1) is 17.8 Å². The molecule has 144 valence electrons. The van der Waals surface area contributed by atoms with Crippen LogP contribution in [0.4, 0.5) is 5.13 Å². The Kier molecular flexibility index (Phi) is 4.91. The standard InChI is InChI=1S/C22H18N4OS2/c27-20(10-18-12-28-21(24-18)17-5-2-8-23-11-17)26-22-25-19(13-29-22)16-7-6-14-3-1-4-15(14)9-16/h2,5-9,11-13H,1,3-4,10H2,(H,25,26,27). The van der Waals surface area contributed by atoms with E-state index in [-0.39, 0.29) is 12.3 Å². The molecule has 7 heteroatoms. The van der Waals surface area contributed by atoms with E-state index < -0.39 is 0 Å². The number of nitrogens with one attached hydrogen (secondary N) is 1. The Morgan fingerprint density at radius 1 is 1.03 bits per heavy atom. The molecule has 1 aliphatic rings. The normalized spacial score (nSPS) is 12.7. The zero-order valence-electron chi connectivity index (χ0n) is 15.6. The Balaban J connectivity index is 1.24. The summed E-state index contributed by atoms with van der Waals surface area (Å²) in [7, 11) is 0. The Morgan fingerprint density at radius 3 is 2.86 bits per heavy atom. The maximum absolute atomic E-state index is 12.4. The summed E-state index contributed by atoms with van der Waals surface area (Å²) < 4.78 is 0. The zero-order chi connectivity index (χ0) is 19.6. The molecule has 0 saturated carbocycles. The van der Waals surface area contributed by atoms with Gasteiger partial charge < -0.3 is 5.32 Å². The minimum atomic E-state index is -0.108. The van der Waals surface area contributed by atoms with Gasteiger partial charge in [0.1, 0.15) is 5.01 Å². The SMILES string of the molecule is O=C(Cc1csc(-c2cccnc2)n1)Nc1nc(-c2ccc3c(c2)CCC3)cs1. The fourth-order valence-corrected chi connectivity index (χ4v) is 5.08. The lowest BCUT2D eigenvalue weighted by Gasteiger charge is -2.02. The number of carbonyl (C=O) groups excluding carboxylic acids is 1. The molecule has 0 saturated heterocycles. The smallest absolute Gasteiger partial charge is 0.232 e. The number of hydrogen-bond acceptors (Lipinski definition) is 6. The molecule has 0 fully saturated rings. The van der Waals surface area contributed by atoms with E-state index in [4.69, 9.17) is 0 Å². The molecule has 5 nitrogen and oxygen atoms in total. The van der Waals surface area contributed by atoms with Crippen molar-refractivity contribution in [1.82, 2.24) is 15.0 Å². The first kappa shape index (κ1) is 18.1. The Bertz CT molecular complexity index is 1170. The molecule has 0 bridgehead atoms. The van der Waals surface area contributed by atoms with Crippen molar-refractivity contribution in [2.24, 2.45) is 0 Å². The molecule has 3 aromatic heterocycles. The number of fused-ring (bicyclic) bond motifs is 1. The Morgan fingerprint density at radius 2 is 1.97 bits per heavy atom. The van der Waals surface area contributed by atoms with E-state index in [1.807, 2.05) is 22.9 Å². The number of rotatable bonds is 5. The van der Waals surface area contributed by atoms with Crippen molar-refractivity contribution in [2.45, 2.75) is 25.7 Å². The highest BCUT2D eigenvalue weighted by molar-refractivity contribution is 7.14. The van der Waals surface area contributed by atoms with Gasteiger partial charge in [0.2, 0.25) is 5.91 Å². The van der Waals surface area contributed by atoms with Gasteiger partial charge in [-0.2, -0.15) is 0 Å². The van der Waals surface area contributed by atoms with E-state index >= 15 is 0 Å². The van der Waals surface area contributed by atoms with Crippen LogP contribution in [0.3, 0.4) is 0 Å². The summed E-state index contributed by atoms with van der Waals surface area (Å²) in [6, 6.07) is 10.4. The molecule has 1 aliphatic carbocycles. The van der Waals surface area contributed by atoms with Crippen molar-refractivity contribution < 1.29 is 4.79 Å². The fraction of sp³-hybridized carbons (Fsp3) is 0.182. The van der Waals surface area contributed by atoms with Gasteiger partial charge in [-0.05, 0) is 48.6 Å². The van der Waals surface area contributed by atoms with E-state index in [1.165, 1.54) is 46.6 Å². The van der Waals surface area contributed by atoms with Gasteiger partial charge >= 0.3 is 0 Å². The molecule has 1 aromatic carbocycles. The predicted molar refractivity (Wildman–Crippen MR) is 117 cm³/mol. The highest BCUT2D eigenvalue weighted by Crippen LogP contribution is 2.30. The second-order valence-corrected chi connectivity index (χ2v) is 8.70. The van der Waals surface area contributed by atoms with Gasteiger partial charge in [0.15, 0.2) is 5.13 Å². The molecular weight excluding hydrogens is 400 g/mol. The molecule has 3 heterocycles. The van der Waals surface area contributed by atoms with Crippen molar-refractivity contribution in [3.63, 3.8) is 0 Å². The van der Waals surface area contributed by atoms with Crippen LogP contribution in [0.1, 0.15) is 23.2 Å². The van der Waals surface area contributed by atoms with Crippen molar-refractivity contribution in [3.05, 3.63) is 70.3 Å². The molecule has 5 rings (SSSR count). The molecule has 1 amide bonds. The molecular formula is C22H18N4OS2. The number of nitrogens with zero attached hydrogens (tertiary/aromatic N) is 3. The Hall–Kier alpha value is -2.90. The summed E-state index contributed by atoms with van der Waals surface area (Å²) in [5.74, 6) is -0.108. The number of pyridine rings is 1. The van der Waals surface area contributed by atoms with Crippen LogP contribution in [-0.2, 0) is 24.1 Å². The first-order chi connectivity index (χ1) is 14.2. The monoisotopic (exact) mass is 418 g/mol. The van der Waals surface area contributed by atoms with Crippen molar-refractivity contribution in [1.29, 1.82) is 0 Å². The molecule has 29 heavy (non-hydrogen) atoms. The van der Waals surface area contributed by atoms with Gasteiger partial charge in [-0.25, -0.2) is 9.97 Å². The number of hydrogen-bond donors (Lipinski definition) is 1. The molecule has 0 radical (unpaired) electrons. The second kappa shape index (κ2) is 7.85. The maximum atomic E-state index is 12.4. The van der Waals surface area contributed by atoms with E-state index in [1.54, 1.807) is 12.4 Å². The summed E-state index contributed by atoms with van der Waals surface area (Å²) >= 11 is 2.97. The summed E-state index contributed by atoms with van der Waals surface area (Å²) in [5.41, 5.74) is 6.61. The Labute approximate surface area is 176 Å². The second-order valence-electron chi connectivity index (χ2n) is 6.99. The van der Waals surface area contributed by atoms with Crippen molar-refractivity contribution >= 4 is 33.7 Å². The van der Waals surface area contributed by atoms with Crippen molar-refractivity contribution in [2.75, 3.05) is 5.32 Å². The largest absolute Gasteiger partial charge is 0.302 e. The molecule has 1 N–H and O–H groups in total. The first-order valence-electron chi connectivity index (χ1n) is 9.47. The summed E-state index contributed by atoms with van der Waals surface area (Å²) in [5, 5.41) is 8.30. The van der Waals surface area contributed by atoms with Crippen LogP contribution in [0.25, 0.3) is 21.8 Å². The number of carbonyl (C=O) groups is 1. The number of anilines is 1.